The van der Waals surface area contributed by atoms with E-state index in [2.05, 4.69) is 20.6 Å². The molecule has 38 heavy (non-hydrogen) atoms. The summed E-state index contributed by atoms with van der Waals surface area (Å²) in [6.07, 6.45) is 5.08. The van der Waals surface area contributed by atoms with E-state index in [-0.39, 0.29) is 11.7 Å². The van der Waals surface area contributed by atoms with Crippen LogP contribution in [-0.4, -0.2) is 66.1 Å². The Hall–Kier alpha value is -3.76. The van der Waals surface area contributed by atoms with Crippen LogP contribution >= 0.6 is 0 Å². The zero-order valence-electron chi connectivity index (χ0n) is 21.5. The van der Waals surface area contributed by atoms with Crippen LogP contribution in [0.1, 0.15) is 52.8 Å². The number of fused-ring (bicyclic) bond motifs is 1. The standard InChI is InChI=1S/C28H32N6O4/c1-32-11-9-21(31-32)18-38-27-4-2-3-23(30-27)19-7-12-33(13-8-19)17-26-29-24-6-5-20(28(35)36)15-25(24)34(26)16-22-10-14-37-22/h2-6,9,11,15,19,22H,7-8,10,12-14,16-18H2,1H3,(H,35,36)/t22-/m0/s1. The number of ether oxygens (including phenoxy) is 2. The smallest absolute Gasteiger partial charge is 0.335 e. The van der Waals surface area contributed by atoms with Crippen molar-refractivity contribution in [3.05, 3.63) is 71.4 Å². The van der Waals surface area contributed by atoms with Crippen LogP contribution in [0.4, 0.5) is 0 Å². The Balaban J connectivity index is 1.11. The first-order valence-corrected chi connectivity index (χ1v) is 13.2. The fourth-order valence-corrected chi connectivity index (χ4v) is 5.28. The molecule has 5 heterocycles. The summed E-state index contributed by atoms with van der Waals surface area (Å²) in [6.45, 7) is 4.47. The van der Waals surface area contributed by atoms with Crippen molar-refractivity contribution in [1.29, 1.82) is 0 Å². The highest BCUT2D eigenvalue weighted by Crippen LogP contribution is 2.30. The number of imidazole rings is 1. The first-order chi connectivity index (χ1) is 18.5. The summed E-state index contributed by atoms with van der Waals surface area (Å²) < 4.78 is 15.5. The molecule has 3 aromatic heterocycles. The number of aromatic carboxylic acids is 1. The molecule has 0 bridgehead atoms. The van der Waals surface area contributed by atoms with E-state index in [4.69, 9.17) is 19.4 Å². The fraction of sp³-hybridized carbons (Fsp3) is 0.429. The number of likely N-dealkylation sites (tertiary alicyclic amines) is 1. The predicted octanol–water partition coefficient (Wildman–Crippen LogP) is 3.61. The number of rotatable bonds is 9. The Morgan fingerprint density at radius 1 is 1.13 bits per heavy atom. The molecule has 0 saturated carbocycles. The summed E-state index contributed by atoms with van der Waals surface area (Å²) >= 11 is 0. The van der Waals surface area contributed by atoms with Crippen molar-refractivity contribution in [2.75, 3.05) is 19.7 Å². The largest absolute Gasteiger partial charge is 0.478 e. The third kappa shape index (κ3) is 5.27. The second kappa shape index (κ2) is 10.5. The number of hydrogen-bond acceptors (Lipinski definition) is 7. The van der Waals surface area contributed by atoms with Crippen LogP contribution in [0.2, 0.25) is 0 Å². The van der Waals surface area contributed by atoms with Gasteiger partial charge in [-0.3, -0.25) is 9.58 Å². The molecule has 2 aliphatic rings. The second-order valence-electron chi connectivity index (χ2n) is 10.1. The monoisotopic (exact) mass is 516 g/mol. The quantitative estimate of drug-likeness (QED) is 0.360. The van der Waals surface area contributed by atoms with Gasteiger partial charge in [-0.2, -0.15) is 5.10 Å². The topological polar surface area (TPSA) is 108 Å². The van der Waals surface area contributed by atoms with Crippen molar-refractivity contribution in [3.63, 3.8) is 0 Å². The second-order valence-corrected chi connectivity index (χ2v) is 10.1. The summed E-state index contributed by atoms with van der Waals surface area (Å²) in [5.41, 5.74) is 3.91. The van der Waals surface area contributed by atoms with E-state index in [1.165, 1.54) is 0 Å². The SMILES string of the molecule is Cn1ccc(COc2cccc(C3CCN(Cc4nc5ccc(C(=O)O)cc5n4C[C@@H]4CCO4)CC3)n2)n1. The molecule has 0 spiro atoms. The lowest BCUT2D eigenvalue weighted by molar-refractivity contribution is -0.0592. The summed E-state index contributed by atoms with van der Waals surface area (Å²) in [7, 11) is 1.89. The van der Waals surface area contributed by atoms with Crippen molar-refractivity contribution in [2.24, 2.45) is 7.05 Å². The molecule has 10 nitrogen and oxygen atoms in total. The van der Waals surface area contributed by atoms with Crippen LogP contribution < -0.4 is 4.74 Å². The fourth-order valence-electron chi connectivity index (χ4n) is 5.28. The maximum atomic E-state index is 11.6. The number of carboxylic acids is 1. The van der Waals surface area contributed by atoms with E-state index in [0.717, 1.165) is 73.7 Å². The summed E-state index contributed by atoms with van der Waals surface area (Å²) in [5, 5.41) is 13.8. The third-order valence-corrected chi connectivity index (χ3v) is 7.51. The van der Waals surface area contributed by atoms with Crippen molar-refractivity contribution in [3.8, 4) is 5.88 Å². The number of nitrogens with zero attached hydrogens (tertiary/aromatic N) is 6. The molecule has 2 aliphatic heterocycles. The maximum Gasteiger partial charge on any atom is 0.335 e. The summed E-state index contributed by atoms with van der Waals surface area (Å²) in [4.78, 5) is 23.7. The predicted molar refractivity (Wildman–Crippen MR) is 140 cm³/mol. The number of aryl methyl sites for hydroxylation is 1. The molecule has 0 unspecified atom stereocenters. The molecule has 1 atom stereocenters. The Morgan fingerprint density at radius 3 is 2.68 bits per heavy atom. The zero-order valence-corrected chi connectivity index (χ0v) is 21.5. The van der Waals surface area contributed by atoms with Gasteiger partial charge in [-0.05, 0) is 62.7 Å². The van der Waals surface area contributed by atoms with Crippen LogP contribution in [0, 0.1) is 0 Å². The van der Waals surface area contributed by atoms with Crippen LogP contribution in [0.3, 0.4) is 0 Å². The molecule has 0 amide bonds. The average Bonchev–Trinajstić information content (AvgIpc) is 3.47. The Labute approximate surface area is 220 Å². The highest BCUT2D eigenvalue weighted by atomic mass is 16.5. The first-order valence-electron chi connectivity index (χ1n) is 13.2. The molecule has 0 radical (unpaired) electrons. The molecule has 2 saturated heterocycles. The maximum absolute atomic E-state index is 11.6. The molecule has 198 valence electrons. The molecule has 6 rings (SSSR count). The number of carboxylic acid groups (broad SMARTS) is 1. The van der Waals surface area contributed by atoms with E-state index in [0.29, 0.717) is 24.9 Å². The van der Waals surface area contributed by atoms with Gasteiger partial charge in [0.1, 0.15) is 12.4 Å². The Bertz CT molecular complexity index is 1430. The number of piperidine rings is 1. The molecule has 1 aromatic carbocycles. The first kappa shape index (κ1) is 24.6. The van der Waals surface area contributed by atoms with Gasteiger partial charge in [-0.25, -0.2) is 14.8 Å². The Morgan fingerprint density at radius 2 is 1.97 bits per heavy atom. The van der Waals surface area contributed by atoms with Gasteiger partial charge in [0, 0.05) is 37.5 Å². The van der Waals surface area contributed by atoms with Gasteiger partial charge in [-0.15, -0.1) is 0 Å². The minimum Gasteiger partial charge on any atom is -0.478 e. The van der Waals surface area contributed by atoms with Crippen molar-refractivity contribution in [1.82, 2.24) is 29.2 Å². The number of pyridine rings is 1. The lowest BCUT2D eigenvalue weighted by Crippen LogP contribution is -2.35. The van der Waals surface area contributed by atoms with E-state index in [9.17, 15) is 9.90 Å². The van der Waals surface area contributed by atoms with Gasteiger partial charge in [0.05, 0.1) is 41.5 Å². The zero-order chi connectivity index (χ0) is 26.1. The normalized spacial score (nSPS) is 18.5. The number of benzene rings is 1. The molecule has 2 fully saturated rings. The number of hydrogen-bond donors (Lipinski definition) is 1. The summed E-state index contributed by atoms with van der Waals surface area (Å²) in [6, 6.07) is 13.1. The lowest BCUT2D eigenvalue weighted by atomic mass is 9.93. The van der Waals surface area contributed by atoms with E-state index >= 15 is 0 Å². The minimum atomic E-state index is -0.928. The van der Waals surface area contributed by atoms with Gasteiger partial charge >= 0.3 is 5.97 Å². The van der Waals surface area contributed by atoms with Crippen molar-refractivity contribution < 1.29 is 19.4 Å². The third-order valence-electron chi connectivity index (χ3n) is 7.51. The number of aromatic nitrogens is 5. The van der Waals surface area contributed by atoms with Gasteiger partial charge in [-0.1, -0.05) is 6.07 Å². The molecular weight excluding hydrogens is 484 g/mol. The minimum absolute atomic E-state index is 0.156. The van der Waals surface area contributed by atoms with Crippen LogP contribution in [0.15, 0.2) is 48.7 Å². The van der Waals surface area contributed by atoms with Crippen LogP contribution in [-0.2, 0) is 31.5 Å². The highest BCUT2D eigenvalue weighted by molar-refractivity contribution is 5.92. The number of carbonyl (C=O) groups is 1. The van der Waals surface area contributed by atoms with Gasteiger partial charge in [0.15, 0.2) is 0 Å². The van der Waals surface area contributed by atoms with Crippen molar-refractivity contribution in [2.45, 2.75) is 51.0 Å². The molecule has 0 aliphatic carbocycles. The van der Waals surface area contributed by atoms with Crippen molar-refractivity contribution >= 4 is 17.0 Å². The lowest BCUT2D eigenvalue weighted by Gasteiger charge is -2.32. The van der Waals surface area contributed by atoms with Gasteiger partial charge in [0.2, 0.25) is 5.88 Å². The van der Waals surface area contributed by atoms with E-state index in [1.54, 1.807) is 22.9 Å². The van der Waals surface area contributed by atoms with E-state index in [1.807, 2.05) is 31.4 Å². The molecule has 4 aromatic rings. The molecular formula is C28H32N6O4. The Kier molecular flexibility index (Phi) is 6.82. The molecule has 1 N–H and O–H groups in total. The average molecular weight is 517 g/mol. The highest BCUT2D eigenvalue weighted by Gasteiger charge is 2.26. The van der Waals surface area contributed by atoms with Gasteiger partial charge in [0.25, 0.3) is 0 Å². The van der Waals surface area contributed by atoms with E-state index < -0.39 is 5.97 Å². The van der Waals surface area contributed by atoms with Crippen LogP contribution in [0.25, 0.3) is 11.0 Å². The molecule has 10 heteroatoms. The van der Waals surface area contributed by atoms with Crippen LogP contribution in [0.5, 0.6) is 5.88 Å². The summed E-state index contributed by atoms with van der Waals surface area (Å²) in [5.74, 6) is 1.04. The van der Waals surface area contributed by atoms with Gasteiger partial charge < -0.3 is 19.1 Å².